The fourth-order valence-electron chi connectivity index (χ4n) is 7.71. The number of nitrogens with two attached hydrogens (primary N) is 1. The van der Waals surface area contributed by atoms with Crippen LogP contribution < -0.4 is 32.3 Å². The van der Waals surface area contributed by atoms with E-state index in [-0.39, 0.29) is 32.2 Å². The number of hydrogen-bond donors (Lipinski definition) is 8. The van der Waals surface area contributed by atoms with Crippen molar-refractivity contribution in [3.8, 4) is 0 Å². The summed E-state index contributed by atoms with van der Waals surface area (Å²) in [5.41, 5.74) is 9.45. The number of carbonyl (C=O) groups is 6. The molecule has 0 bridgehead atoms. The monoisotopic (exact) mass is 856 g/mol. The molecule has 1 fully saturated rings. The first-order chi connectivity index (χ1) is 30.5. The summed E-state index contributed by atoms with van der Waals surface area (Å²) in [5.74, 6) is -4.23. The van der Waals surface area contributed by atoms with Gasteiger partial charge in [-0.15, -0.1) is 0 Å². The first-order valence-electron chi connectivity index (χ1n) is 21.3. The number of unbranched alkanes of at least 4 members (excludes halogenated alkanes) is 1. The molecule has 1 aliphatic heterocycles. The first kappa shape index (κ1) is 45.7. The third kappa shape index (κ3) is 12.8. The SMILES string of the molecule is C[C@@H](O)[C@@H]1NC(=O)[C@H](CCCCN)NC(=O)[C@@H](Cc2c[nH]c3ccccc23)NC(=O)[C@H](Cc2ccccc2)NC(=O)CN(Cc2ccccc2)C(=O)[C@H](Cc2ccccc2)NC1=O. The summed E-state index contributed by atoms with van der Waals surface area (Å²) in [4.78, 5) is 90.9. The van der Waals surface area contributed by atoms with Crippen molar-refractivity contribution in [1.82, 2.24) is 36.5 Å². The Morgan fingerprint density at radius 2 is 1.13 bits per heavy atom. The number of hydrogen-bond acceptors (Lipinski definition) is 8. The number of nitrogens with zero attached hydrogens (tertiary/aromatic N) is 1. The number of amides is 6. The molecule has 1 saturated heterocycles. The second kappa shape index (κ2) is 22.3. The van der Waals surface area contributed by atoms with E-state index >= 15 is 0 Å². The van der Waals surface area contributed by atoms with Crippen molar-refractivity contribution < 1.29 is 33.9 Å². The molecule has 6 atom stereocenters. The molecule has 1 aliphatic rings. The Bertz CT molecular complexity index is 2320. The van der Waals surface area contributed by atoms with E-state index in [0.29, 0.717) is 36.1 Å². The molecule has 1 aromatic heterocycles. The molecule has 2 heterocycles. The van der Waals surface area contributed by atoms with Crippen LogP contribution in [0.15, 0.2) is 121 Å². The number of fused-ring (bicyclic) bond motifs is 1. The molecule has 0 unspecified atom stereocenters. The topological polar surface area (TPSA) is 228 Å². The van der Waals surface area contributed by atoms with E-state index in [2.05, 4.69) is 31.6 Å². The van der Waals surface area contributed by atoms with E-state index in [0.717, 1.165) is 16.5 Å². The van der Waals surface area contributed by atoms with Crippen molar-refractivity contribution in [3.63, 3.8) is 0 Å². The van der Waals surface area contributed by atoms with Crippen molar-refractivity contribution in [3.05, 3.63) is 144 Å². The lowest BCUT2D eigenvalue weighted by Crippen LogP contribution is -2.62. The van der Waals surface area contributed by atoms with Crippen LogP contribution in [0.5, 0.6) is 0 Å². The normalized spacial score (nSPS) is 21.3. The van der Waals surface area contributed by atoms with Crippen molar-refractivity contribution >= 4 is 46.3 Å². The van der Waals surface area contributed by atoms with Crippen LogP contribution in [0.2, 0.25) is 0 Å². The Kier molecular flexibility index (Phi) is 16.2. The zero-order valence-corrected chi connectivity index (χ0v) is 35.3. The third-order valence-corrected chi connectivity index (χ3v) is 11.1. The first-order valence-corrected chi connectivity index (χ1v) is 21.3. The molecule has 6 rings (SSSR count). The van der Waals surface area contributed by atoms with Crippen molar-refractivity contribution in [2.45, 2.75) is 88.3 Å². The van der Waals surface area contributed by atoms with Crippen molar-refractivity contribution in [1.29, 1.82) is 0 Å². The molecular formula is C48H56N8O7. The summed E-state index contributed by atoms with van der Waals surface area (Å²) in [6.45, 7) is 1.12. The van der Waals surface area contributed by atoms with Gasteiger partial charge < -0.3 is 47.3 Å². The van der Waals surface area contributed by atoms with E-state index < -0.39 is 78.3 Å². The Morgan fingerprint density at radius 1 is 0.603 bits per heavy atom. The third-order valence-electron chi connectivity index (χ3n) is 11.1. The highest BCUT2D eigenvalue weighted by Gasteiger charge is 2.36. The maximum atomic E-state index is 14.8. The maximum Gasteiger partial charge on any atom is 0.246 e. The Hall–Kier alpha value is -6.84. The number of H-pyrrole nitrogens is 1. The van der Waals surface area contributed by atoms with Crippen LogP contribution in [-0.2, 0) is 54.6 Å². The van der Waals surface area contributed by atoms with Gasteiger partial charge in [0.1, 0.15) is 30.2 Å². The van der Waals surface area contributed by atoms with Gasteiger partial charge in [-0.25, -0.2) is 0 Å². The van der Waals surface area contributed by atoms with Crippen LogP contribution in [0.25, 0.3) is 10.9 Å². The molecule has 0 saturated carbocycles. The summed E-state index contributed by atoms with van der Waals surface area (Å²) < 4.78 is 0. The molecule has 15 heteroatoms. The predicted octanol–water partition coefficient (Wildman–Crippen LogP) is 2.17. The van der Waals surface area contributed by atoms with Crippen molar-refractivity contribution in [2.24, 2.45) is 5.73 Å². The lowest BCUT2D eigenvalue weighted by Gasteiger charge is -2.31. The molecule has 330 valence electrons. The molecule has 5 aromatic rings. The lowest BCUT2D eigenvalue weighted by atomic mass is 10.0. The lowest BCUT2D eigenvalue weighted by molar-refractivity contribution is -0.142. The summed E-state index contributed by atoms with van der Waals surface area (Å²) >= 11 is 0. The quantitative estimate of drug-likeness (QED) is 0.0818. The van der Waals surface area contributed by atoms with Gasteiger partial charge in [0.05, 0.1) is 12.6 Å². The second-order valence-corrected chi connectivity index (χ2v) is 15.9. The van der Waals surface area contributed by atoms with E-state index in [9.17, 15) is 33.9 Å². The summed E-state index contributed by atoms with van der Waals surface area (Å²) in [6.07, 6.45) is 1.44. The molecule has 0 aliphatic carbocycles. The maximum absolute atomic E-state index is 14.8. The molecule has 63 heavy (non-hydrogen) atoms. The van der Waals surface area contributed by atoms with Crippen LogP contribution in [0.4, 0.5) is 0 Å². The number of aromatic amines is 1. The minimum atomic E-state index is -1.55. The number of nitrogens with one attached hydrogen (secondary N) is 6. The molecule has 4 aromatic carbocycles. The van der Waals surface area contributed by atoms with E-state index in [1.165, 1.54) is 11.8 Å². The number of aliphatic hydroxyl groups is 1. The zero-order valence-electron chi connectivity index (χ0n) is 35.3. The molecule has 0 spiro atoms. The van der Waals surface area contributed by atoms with Crippen LogP contribution in [-0.4, -0.2) is 99.8 Å². The highest BCUT2D eigenvalue weighted by Crippen LogP contribution is 2.20. The number of benzene rings is 4. The Labute approximate surface area is 366 Å². The van der Waals surface area contributed by atoms with Crippen LogP contribution in [0, 0.1) is 0 Å². The molecule has 15 nitrogen and oxygen atoms in total. The van der Waals surface area contributed by atoms with Gasteiger partial charge in [-0.2, -0.15) is 0 Å². The van der Waals surface area contributed by atoms with E-state index in [1.54, 1.807) is 54.7 Å². The summed E-state index contributed by atoms with van der Waals surface area (Å²) in [5, 5.41) is 25.7. The average Bonchev–Trinajstić information content (AvgIpc) is 3.69. The minimum absolute atomic E-state index is 0.00555. The van der Waals surface area contributed by atoms with Gasteiger partial charge in [0.2, 0.25) is 35.4 Å². The average molecular weight is 857 g/mol. The van der Waals surface area contributed by atoms with Gasteiger partial charge >= 0.3 is 0 Å². The van der Waals surface area contributed by atoms with E-state index in [4.69, 9.17) is 5.73 Å². The molecular weight excluding hydrogens is 801 g/mol. The molecule has 0 radical (unpaired) electrons. The van der Waals surface area contributed by atoms with E-state index in [1.807, 2.05) is 66.7 Å². The number of aromatic nitrogens is 1. The smallest absolute Gasteiger partial charge is 0.246 e. The summed E-state index contributed by atoms with van der Waals surface area (Å²) in [7, 11) is 0. The summed E-state index contributed by atoms with van der Waals surface area (Å²) in [6, 6.07) is 28.1. The highest BCUT2D eigenvalue weighted by molar-refractivity contribution is 5.98. The van der Waals surface area contributed by atoms with Gasteiger partial charge in [0.25, 0.3) is 0 Å². The minimum Gasteiger partial charge on any atom is -0.391 e. The Morgan fingerprint density at radius 3 is 1.75 bits per heavy atom. The number of aliphatic hydroxyl groups excluding tert-OH is 1. The molecule has 6 amide bonds. The van der Waals surface area contributed by atoms with Crippen LogP contribution >= 0.6 is 0 Å². The number of carbonyl (C=O) groups excluding carboxylic acids is 6. The fourth-order valence-corrected chi connectivity index (χ4v) is 7.71. The van der Waals surface area contributed by atoms with Crippen molar-refractivity contribution in [2.75, 3.05) is 13.1 Å². The standard InChI is InChI=1S/C48H56N8O7/c1-31(57)43-47(62)54-41(26-33-17-7-3-8-18-33)48(63)56(29-34-19-9-4-10-20-34)30-42(58)51-39(25-32-15-5-2-6-16-32)45(60)53-40(27-35-28-50-37-22-12-11-21-36(35)37)46(61)52-38(44(59)55-43)23-13-14-24-49/h2-12,15-22,28,31,38-41,43,50,57H,13-14,23-27,29-30,49H2,1H3,(H,51,58)(H,52,61)(H,53,60)(H,54,62)(H,55,59)/t31-,38+,39+,40-,41+,43+/m1/s1. The fraction of sp³-hybridized carbons (Fsp3) is 0.333. The van der Waals surface area contributed by atoms with Gasteiger partial charge in [-0.05, 0) is 61.1 Å². The second-order valence-electron chi connectivity index (χ2n) is 15.9. The van der Waals surface area contributed by atoms with Gasteiger partial charge in [-0.1, -0.05) is 109 Å². The van der Waals surface area contributed by atoms with Gasteiger partial charge in [-0.3, -0.25) is 28.8 Å². The van der Waals surface area contributed by atoms with Crippen LogP contribution in [0.3, 0.4) is 0 Å². The zero-order chi connectivity index (χ0) is 44.7. The van der Waals surface area contributed by atoms with Gasteiger partial charge in [0, 0.05) is 42.9 Å². The largest absolute Gasteiger partial charge is 0.391 e. The predicted molar refractivity (Wildman–Crippen MR) is 238 cm³/mol. The number of para-hydroxylation sites is 1. The molecule has 9 N–H and O–H groups in total. The van der Waals surface area contributed by atoms with Crippen LogP contribution in [0.1, 0.15) is 48.4 Å². The number of rotatable bonds is 13. The Balaban J connectivity index is 1.42. The highest BCUT2D eigenvalue weighted by atomic mass is 16.3. The van der Waals surface area contributed by atoms with Gasteiger partial charge in [0.15, 0.2) is 0 Å².